The number of aliphatic imine (C=N–C) groups is 1. The lowest BCUT2D eigenvalue weighted by atomic mass is 9.95. The third kappa shape index (κ3) is 3.82. The summed E-state index contributed by atoms with van der Waals surface area (Å²) in [5, 5.41) is 2.48. The van der Waals surface area contributed by atoms with Crippen LogP contribution < -0.4 is 5.32 Å². The number of rotatable bonds is 4. The van der Waals surface area contributed by atoms with E-state index in [-0.39, 0.29) is 17.8 Å². The van der Waals surface area contributed by atoms with Crippen molar-refractivity contribution in [3.8, 4) is 0 Å². The fraction of sp³-hybridized carbons (Fsp3) is 0.357. The van der Waals surface area contributed by atoms with Crippen molar-refractivity contribution < 1.29 is 37.8 Å². The average molecular weight is 406 g/mol. The van der Waals surface area contributed by atoms with E-state index in [1.165, 1.54) is 25.1 Å². The van der Waals surface area contributed by atoms with Gasteiger partial charge in [0.2, 0.25) is 0 Å². The summed E-state index contributed by atoms with van der Waals surface area (Å²) in [4.78, 5) is 41.7. The molecule has 12 heteroatoms. The quantitative estimate of drug-likeness (QED) is 0.469. The summed E-state index contributed by atoms with van der Waals surface area (Å²) in [5.41, 5.74) is -2.78. The molecule has 3 unspecified atom stereocenters. The molecule has 0 saturated carbocycles. The molecular weight excluding hydrogens is 389 g/mol. The zero-order valence-electron chi connectivity index (χ0n) is 13.5. The van der Waals surface area contributed by atoms with Gasteiger partial charge in [-0.2, -0.15) is 0 Å². The monoisotopic (exact) mass is 406 g/mol. The average Bonchev–Trinajstić information content (AvgIpc) is 2.49. The van der Waals surface area contributed by atoms with E-state index in [9.17, 15) is 33.1 Å². The Kier molecular flexibility index (Phi) is 4.74. The molecule has 1 spiro atoms. The first-order valence-corrected chi connectivity index (χ1v) is 10.8. The highest BCUT2D eigenvalue weighted by Crippen LogP contribution is 2.53. The standard InChI is InChI=1S/C14H17FN2O7P2/c1-8(25(18,19)20)11-6-14(24-11)7-12(26(21,22)23)16-13(17-14)9-3-2-4-10(15)5-9/h2-5,7-8,11H,6H2,1H3,(H,16,17)(H2,18,19,20)(H2,21,22,23). The molecule has 2 heterocycles. The van der Waals surface area contributed by atoms with Gasteiger partial charge in [0.05, 0.1) is 11.8 Å². The number of halogens is 1. The number of benzene rings is 1. The van der Waals surface area contributed by atoms with Crippen molar-refractivity contribution in [1.29, 1.82) is 0 Å². The number of amidine groups is 1. The van der Waals surface area contributed by atoms with E-state index in [1.807, 2.05) is 0 Å². The first kappa shape index (κ1) is 19.4. The molecule has 0 aromatic heterocycles. The predicted molar refractivity (Wildman–Crippen MR) is 89.9 cm³/mol. The molecule has 2 aliphatic rings. The zero-order valence-corrected chi connectivity index (χ0v) is 15.3. The highest BCUT2D eigenvalue weighted by molar-refractivity contribution is 7.56. The van der Waals surface area contributed by atoms with E-state index in [2.05, 4.69) is 10.3 Å². The summed E-state index contributed by atoms with van der Waals surface area (Å²) >= 11 is 0. The van der Waals surface area contributed by atoms with Crippen molar-refractivity contribution in [2.75, 3.05) is 0 Å². The summed E-state index contributed by atoms with van der Waals surface area (Å²) in [6, 6.07) is 5.26. The van der Waals surface area contributed by atoms with E-state index in [0.29, 0.717) is 0 Å². The van der Waals surface area contributed by atoms with Crippen molar-refractivity contribution in [2.45, 2.75) is 30.8 Å². The Balaban J connectivity index is 1.95. The Morgan fingerprint density at radius 2 is 2.00 bits per heavy atom. The van der Waals surface area contributed by atoms with Crippen LogP contribution in [0.1, 0.15) is 18.9 Å². The molecule has 0 bridgehead atoms. The maximum atomic E-state index is 13.5. The van der Waals surface area contributed by atoms with Crippen LogP contribution in [0.15, 0.2) is 40.8 Å². The molecule has 3 atom stereocenters. The van der Waals surface area contributed by atoms with E-state index in [0.717, 1.165) is 12.1 Å². The molecule has 2 aliphatic heterocycles. The van der Waals surface area contributed by atoms with Gasteiger partial charge in [0.25, 0.3) is 0 Å². The molecule has 5 N–H and O–H groups in total. The lowest BCUT2D eigenvalue weighted by molar-refractivity contribution is -0.172. The highest BCUT2D eigenvalue weighted by atomic mass is 31.2. The summed E-state index contributed by atoms with van der Waals surface area (Å²) in [7, 11) is -9.09. The van der Waals surface area contributed by atoms with Crippen LogP contribution in [0.25, 0.3) is 0 Å². The van der Waals surface area contributed by atoms with Crippen molar-refractivity contribution in [2.24, 2.45) is 4.99 Å². The van der Waals surface area contributed by atoms with Gasteiger partial charge in [-0.05, 0) is 19.1 Å². The van der Waals surface area contributed by atoms with Crippen LogP contribution in [0.2, 0.25) is 0 Å². The fourth-order valence-corrected chi connectivity index (χ4v) is 3.96. The van der Waals surface area contributed by atoms with Crippen molar-refractivity contribution in [3.63, 3.8) is 0 Å². The first-order chi connectivity index (χ1) is 11.9. The van der Waals surface area contributed by atoms with Crippen LogP contribution in [0.5, 0.6) is 0 Å². The number of hydrogen-bond donors (Lipinski definition) is 5. The van der Waals surface area contributed by atoms with Gasteiger partial charge >= 0.3 is 15.2 Å². The van der Waals surface area contributed by atoms with Crippen molar-refractivity contribution in [1.82, 2.24) is 5.32 Å². The molecular formula is C14H17FN2O7P2. The highest BCUT2D eigenvalue weighted by Gasteiger charge is 2.52. The van der Waals surface area contributed by atoms with Gasteiger partial charge in [0.1, 0.15) is 17.1 Å². The van der Waals surface area contributed by atoms with E-state index >= 15 is 0 Å². The molecule has 1 saturated heterocycles. The fourth-order valence-electron chi connectivity index (χ4n) is 2.74. The van der Waals surface area contributed by atoms with E-state index in [1.54, 1.807) is 0 Å². The predicted octanol–water partition coefficient (Wildman–Crippen LogP) is 1.25. The molecule has 0 radical (unpaired) electrons. The largest absolute Gasteiger partial charge is 0.372 e. The van der Waals surface area contributed by atoms with E-state index < -0.39 is 43.9 Å². The van der Waals surface area contributed by atoms with Crippen LogP contribution in [0.3, 0.4) is 0 Å². The van der Waals surface area contributed by atoms with Gasteiger partial charge in [-0.1, -0.05) is 12.1 Å². The van der Waals surface area contributed by atoms with E-state index in [4.69, 9.17) is 4.74 Å². The zero-order chi connectivity index (χ0) is 19.3. The minimum Gasteiger partial charge on any atom is -0.345 e. The Morgan fingerprint density at radius 3 is 2.54 bits per heavy atom. The molecule has 0 aliphatic carbocycles. The maximum Gasteiger partial charge on any atom is 0.372 e. The molecule has 1 aromatic rings. The van der Waals surface area contributed by atoms with Crippen molar-refractivity contribution >= 4 is 21.0 Å². The summed E-state index contributed by atoms with van der Waals surface area (Å²) in [6.45, 7) is 1.32. The second-order valence-corrected chi connectivity index (χ2v) is 9.77. The summed E-state index contributed by atoms with van der Waals surface area (Å²) in [6.07, 6.45) is 0.281. The second kappa shape index (κ2) is 6.35. The third-order valence-electron chi connectivity index (χ3n) is 4.24. The Morgan fingerprint density at radius 1 is 1.35 bits per heavy atom. The number of nitrogens with zero attached hydrogens (tertiary/aromatic N) is 1. The minimum atomic E-state index is -4.70. The van der Waals surface area contributed by atoms with Gasteiger partial charge in [-0.15, -0.1) is 0 Å². The van der Waals surface area contributed by atoms with Gasteiger partial charge in [0.15, 0.2) is 5.72 Å². The SMILES string of the molecule is CC(C1CC2(C=C(P(=O)(O)O)NC(c3cccc(F)c3)=N2)O1)P(=O)(O)O. The van der Waals surface area contributed by atoms with Gasteiger partial charge < -0.3 is 29.6 Å². The van der Waals surface area contributed by atoms with Crippen LogP contribution in [0, 0.1) is 5.82 Å². The first-order valence-electron chi connectivity index (χ1n) is 7.54. The molecule has 0 amide bonds. The van der Waals surface area contributed by atoms with Gasteiger partial charge in [-0.3, -0.25) is 9.13 Å². The molecule has 1 aromatic carbocycles. The van der Waals surface area contributed by atoms with Crippen LogP contribution >= 0.6 is 15.2 Å². The Labute approximate surface area is 147 Å². The summed E-state index contributed by atoms with van der Waals surface area (Å²) < 4.78 is 42.1. The molecule has 26 heavy (non-hydrogen) atoms. The number of nitrogens with one attached hydrogen (secondary N) is 1. The Hall–Kier alpha value is -1.38. The third-order valence-corrected chi connectivity index (χ3v) is 6.50. The molecule has 3 rings (SSSR count). The van der Waals surface area contributed by atoms with Crippen LogP contribution in [-0.2, 0) is 13.9 Å². The maximum absolute atomic E-state index is 13.5. The summed E-state index contributed by atoms with van der Waals surface area (Å²) in [5.74, 6) is -0.566. The lowest BCUT2D eigenvalue weighted by Crippen LogP contribution is -2.55. The molecule has 1 fully saturated rings. The van der Waals surface area contributed by atoms with Crippen LogP contribution in [-0.4, -0.2) is 42.9 Å². The Bertz CT molecular complexity index is 885. The smallest absolute Gasteiger partial charge is 0.345 e. The van der Waals surface area contributed by atoms with Crippen molar-refractivity contribution in [3.05, 3.63) is 47.2 Å². The van der Waals surface area contributed by atoms with Gasteiger partial charge in [-0.25, -0.2) is 9.38 Å². The number of hydrogen-bond acceptors (Lipinski definition) is 5. The van der Waals surface area contributed by atoms with Gasteiger partial charge in [0, 0.05) is 18.1 Å². The minimum absolute atomic E-state index is 0.00684. The normalized spacial score (nSPS) is 27.2. The second-order valence-electron chi connectivity index (χ2n) is 6.20. The number of ether oxygens (including phenoxy) is 1. The molecule has 9 nitrogen and oxygen atoms in total. The van der Waals surface area contributed by atoms with Crippen LogP contribution in [0.4, 0.5) is 4.39 Å². The topological polar surface area (TPSA) is 149 Å². The molecule has 142 valence electrons. The lowest BCUT2D eigenvalue weighted by Gasteiger charge is -2.47.